The van der Waals surface area contributed by atoms with Gasteiger partial charge in [0.2, 0.25) is 0 Å². The molecule has 0 spiro atoms. The quantitative estimate of drug-likeness (QED) is 0.338. The van der Waals surface area contributed by atoms with Crippen LogP contribution in [0.3, 0.4) is 0 Å². The van der Waals surface area contributed by atoms with Gasteiger partial charge in [0.05, 0.1) is 0 Å². The molecular formula is C29H36S2. The molecule has 31 heavy (non-hydrogen) atoms. The fraction of sp³-hybridized carbons (Fsp3) is 0.517. The summed E-state index contributed by atoms with van der Waals surface area (Å²) in [4.78, 5) is 6.20. The summed E-state index contributed by atoms with van der Waals surface area (Å²) >= 11 is 4.08. The van der Waals surface area contributed by atoms with Crippen molar-refractivity contribution in [2.45, 2.75) is 85.5 Å². The van der Waals surface area contributed by atoms with E-state index in [0.29, 0.717) is 0 Å². The number of benzene rings is 1. The molecule has 0 aliphatic heterocycles. The average molecular weight is 449 g/mol. The predicted molar refractivity (Wildman–Crippen MR) is 139 cm³/mol. The zero-order valence-electron chi connectivity index (χ0n) is 19.6. The summed E-state index contributed by atoms with van der Waals surface area (Å²) < 4.78 is 0. The Morgan fingerprint density at radius 1 is 0.774 bits per heavy atom. The summed E-state index contributed by atoms with van der Waals surface area (Å²) in [5.74, 6) is 1.69. The Morgan fingerprint density at radius 2 is 1.42 bits per heavy atom. The summed E-state index contributed by atoms with van der Waals surface area (Å²) in [5.41, 5.74) is 9.60. The van der Waals surface area contributed by atoms with Crippen LogP contribution in [0.15, 0.2) is 24.3 Å². The minimum absolute atomic E-state index is 0.845. The molecule has 5 rings (SSSR count). The van der Waals surface area contributed by atoms with E-state index in [2.05, 4.69) is 63.3 Å². The van der Waals surface area contributed by atoms with Crippen molar-refractivity contribution in [3.05, 3.63) is 56.3 Å². The molecule has 0 saturated heterocycles. The number of hydrogen-bond acceptors (Lipinski definition) is 2. The van der Waals surface area contributed by atoms with Crippen LogP contribution < -0.4 is 0 Å². The molecule has 0 bridgehead atoms. The second-order valence-corrected chi connectivity index (χ2v) is 12.8. The largest absolute Gasteiger partial charge is 0.140 e. The molecule has 2 heteroatoms. The molecule has 2 aliphatic rings. The van der Waals surface area contributed by atoms with Gasteiger partial charge in [-0.15, -0.1) is 22.7 Å². The smallest absolute Gasteiger partial charge is 0.0380 e. The summed E-state index contributed by atoms with van der Waals surface area (Å²) in [5, 5.41) is 0. The van der Waals surface area contributed by atoms with Gasteiger partial charge in [-0.2, -0.15) is 0 Å². The molecule has 3 aromatic rings. The Labute approximate surface area is 196 Å². The summed E-state index contributed by atoms with van der Waals surface area (Å²) in [6.07, 6.45) is 11.7. The Bertz CT molecular complexity index is 1080. The van der Waals surface area contributed by atoms with Crippen molar-refractivity contribution in [2.75, 3.05) is 0 Å². The van der Waals surface area contributed by atoms with Crippen molar-refractivity contribution < 1.29 is 0 Å². The van der Waals surface area contributed by atoms with Crippen molar-refractivity contribution in [1.82, 2.24) is 0 Å². The third-order valence-electron chi connectivity index (χ3n) is 7.36. The maximum Gasteiger partial charge on any atom is 0.0380 e. The van der Waals surface area contributed by atoms with Crippen LogP contribution in [-0.4, -0.2) is 0 Å². The van der Waals surface area contributed by atoms with E-state index < -0.39 is 0 Å². The Hall–Kier alpha value is -1.38. The highest BCUT2D eigenvalue weighted by Gasteiger charge is 2.27. The van der Waals surface area contributed by atoms with Crippen molar-refractivity contribution >= 4 is 22.7 Å². The van der Waals surface area contributed by atoms with Crippen molar-refractivity contribution in [3.63, 3.8) is 0 Å². The first-order valence-corrected chi connectivity index (χ1v) is 14.0. The lowest BCUT2D eigenvalue weighted by atomic mass is 9.81. The third kappa shape index (κ3) is 4.31. The van der Waals surface area contributed by atoms with E-state index in [-0.39, 0.29) is 0 Å². The fourth-order valence-electron chi connectivity index (χ4n) is 5.62. The van der Waals surface area contributed by atoms with Gasteiger partial charge in [0.15, 0.2) is 0 Å². The summed E-state index contributed by atoms with van der Waals surface area (Å²) in [6.45, 7) is 9.40. The van der Waals surface area contributed by atoms with E-state index in [1.807, 2.05) is 11.3 Å². The summed E-state index contributed by atoms with van der Waals surface area (Å²) in [6, 6.07) is 9.85. The van der Waals surface area contributed by atoms with E-state index >= 15 is 0 Å². The SMILES string of the molecule is Cc1cc2c(s1)-c1ccc3c(c1CC2)CCc1cc(CCC(C)CCCC(C)C)sc1-3. The minimum Gasteiger partial charge on any atom is -0.140 e. The van der Waals surface area contributed by atoms with Crippen LogP contribution in [0, 0.1) is 18.8 Å². The average Bonchev–Trinajstić information content (AvgIpc) is 3.33. The van der Waals surface area contributed by atoms with Crippen molar-refractivity contribution in [1.29, 1.82) is 0 Å². The van der Waals surface area contributed by atoms with Crippen LogP contribution >= 0.6 is 22.7 Å². The Kier molecular flexibility index (Phi) is 6.14. The number of hydrogen-bond donors (Lipinski definition) is 0. The van der Waals surface area contributed by atoms with E-state index in [0.717, 1.165) is 11.8 Å². The van der Waals surface area contributed by atoms with Crippen LogP contribution in [0.1, 0.15) is 78.5 Å². The van der Waals surface area contributed by atoms with Crippen LogP contribution in [0.2, 0.25) is 0 Å². The molecule has 0 saturated carbocycles. The zero-order valence-corrected chi connectivity index (χ0v) is 21.3. The molecule has 0 fully saturated rings. The minimum atomic E-state index is 0.845. The molecule has 1 aromatic carbocycles. The lowest BCUT2D eigenvalue weighted by Crippen LogP contribution is -2.10. The van der Waals surface area contributed by atoms with Crippen molar-refractivity contribution in [2.24, 2.45) is 11.8 Å². The maximum atomic E-state index is 2.55. The highest BCUT2D eigenvalue weighted by molar-refractivity contribution is 7.16. The summed E-state index contributed by atoms with van der Waals surface area (Å²) in [7, 11) is 0. The van der Waals surface area contributed by atoms with E-state index in [1.54, 1.807) is 42.4 Å². The molecule has 164 valence electrons. The number of aryl methyl sites for hydroxylation is 4. The monoisotopic (exact) mass is 448 g/mol. The fourth-order valence-corrected chi connectivity index (χ4v) is 8.01. The Morgan fingerprint density at radius 3 is 2.10 bits per heavy atom. The zero-order chi connectivity index (χ0) is 21.5. The Balaban J connectivity index is 1.34. The highest BCUT2D eigenvalue weighted by atomic mass is 32.1. The second-order valence-electron chi connectivity index (χ2n) is 10.4. The molecule has 2 heterocycles. The topological polar surface area (TPSA) is 0 Å². The normalized spacial score (nSPS) is 15.4. The number of thiophene rings is 2. The third-order valence-corrected chi connectivity index (χ3v) is 9.76. The highest BCUT2D eigenvalue weighted by Crippen LogP contribution is 2.47. The van der Waals surface area contributed by atoms with Gasteiger partial charge >= 0.3 is 0 Å². The van der Waals surface area contributed by atoms with Gasteiger partial charge in [0, 0.05) is 19.5 Å². The maximum absolute atomic E-state index is 2.55. The molecule has 0 N–H and O–H groups in total. The molecule has 0 nitrogen and oxygen atoms in total. The standard InChI is InChI=1S/C29H36S2/c1-18(2)6-5-7-19(3)8-11-23-17-22-10-13-25-24-12-9-21-16-20(4)30-28(21)26(24)14-15-27(25)29(22)31-23/h14-19H,5-13H2,1-4H3. The lowest BCUT2D eigenvalue weighted by Gasteiger charge is -2.25. The molecular weight excluding hydrogens is 412 g/mol. The number of rotatable bonds is 7. The molecule has 0 radical (unpaired) electrons. The second kappa shape index (κ2) is 8.87. The van der Waals surface area contributed by atoms with Crippen LogP contribution in [-0.2, 0) is 32.1 Å². The van der Waals surface area contributed by atoms with Crippen LogP contribution in [0.5, 0.6) is 0 Å². The predicted octanol–water partition coefficient (Wildman–Crippen LogP) is 9.04. The lowest BCUT2D eigenvalue weighted by molar-refractivity contribution is 0.437. The molecule has 2 aromatic heterocycles. The van der Waals surface area contributed by atoms with E-state index in [4.69, 9.17) is 0 Å². The first-order valence-electron chi connectivity index (χ1n) is 12.4. The van der Waals surface area contributed by atoms with E-state index in [9.17, 15) is 0 Å². The molecule has 2 aliphatic carbocycles. The first-order chi connectivity index (χ1) is 15.0. The van der Waals surface area contributed by atoms with Crippen LogP contribution in [0.25, 0.3) is 20.9 Å². The van der Waals surface area contributed by atoms with E-state index in [1.165, 1.54) is 68.2 Å². The number of fused-ring (bicyclic) bond motifs is 7. The van der Waals surface area contributed by atoms with Gasteiger partial charge < -0.3 is 0 Å². The van der Waals surface area contributed by atoms with Gasteiger partial charge in [-0.1, -0.05) is 52.2 Å². The van der Waals surface area contributed by atoms with Gasteiger partial charge in [0.1, 0.15) is 0 Å². The van der Waals surface area contributed by atoms with Crippen LogP contribution in [0.4, 0.5) is 0 Å². The van der Waals surface area contributed by atoms with Gasteiger partial charge in [0.25, 0.3) is 0 Å². The van der Waals surface area contributed by atoms with Gasteiger partial charge in [-0.25, -0.2) is 0 Å². The molecule has 0 amide bonds. The first kappa shape index (κ1) is 21.5. The van der Waals surface area contributed by atoms with Gasteiger partial charge in [-0.3, -0.25) is 0 Å². The van der Waals surface area contributed by atoms with Crippen molar-refractivity contribution in [3.8, 4) is 20.9 Å². The molecule has 1 unspecified atom stereocenters. The van der Waals surface area contributed by atoms with Gasteiger partial charge in [-0.05, 0) is 103 Å². The molecule has 1 atom stereocenters.